The molecular weight excluding hydrogens is 348 g/mol. The van der Waals surface area contributed by atoms with Gasteiger partial charge in [-0.15, -0.1) is 0 Å². The van der Waals surface area contributed by atoms with E-state index < -0.39 is 0 Å². The maximum Gasteiger partial charge on any atom is 0.0713 e. The fourth-order valence-electron chi connectivity index (χ4n) is 4.46. The molecule has 0 atom stereocenters. The maximum atomic E-state index is 4.16. The first-order chi connectivity index (χ1) is 14.2. The molecule has 1 aliphatic rings. The van der Waals surface area contributed by atoms with Gasteiger partial charge >= 0.3 is 0 Å². The van der Waals surface area contributed by atoms with Crippen molar-refractivity contribution in [2.75, 3.05) is 0 Å². The van der Waals surface area contributed by atoms with Gasteiger partial charge in [-0.25, -0.2) is 0 Å². The van der Waals surface area contributed by atoms with E-state index in [9.17, 15) is 0 Å². The van der Waals surface area contributed by atoms with E-state index >= 15 is 0 Å². The Kier molecular flexibility index (Phi) is 6.34. The van der Waals surface area contributed by atoms with Gasteiger partial charge < -0.3 is 0 Å². The molecule has 1 aliphatic carbocycles. The molecule has 3 aromatic rings. The van der Waals surface area contributed by atoms with Crippen molar-refractivity contribution in [2.45, 2.75) is 33.1 Å². The van der Waals surface area contributed by atoms with Crippen LogP contribution in [0.5, 0.6) is 0 Å². The number of rotatable bonds is 4. The second kappa shape index (κ2) is 8.92. The van der Waals surface area contributed by atoms with E-state index in [-0.39, 0.29) is 5.41 Å². The Hall–Kier alpha value is -3.12. The fraction of sp³-hybridized carbons (Fsp3) is 0.172. The van der Waals surface area contributed by atoms with Crippen molar-refractivity contribution in [3.8, 4) is 0 Å². The standard InChI is InChI=1S/C27H24.C2H6/c1-4-12-25-23(5-2)24-18-17-20(3)19-26(24)27(25,21-13-8-6-9-14-21)22-15-10-7-11-16-22;1-2/h4-19H,2H2,1,3H3;1-2H3/b12-4-;. The zero-order valence-corrected chi connectivity index (χ0v) is 17.9. The lowest BCUT2D eigenvalue weighted by molar-refractivity contribution is 0.760. The summed E-state index contributed by atoms with van der Waals surface area (Å²) in [5.41, 5.74) is 8.63. The molecule has 0 saturated heterocycles. The largest absolute Gasteiger partial charge is 0.0984 e. The van der Waals surface area contributed by atoms with Gasteiger partial charge in [0.15, 0.2) is 0 Å². The Morgan fingerprint density at radius 2 is 1.34 bits per heavy atom. The van der Waals surface area contributed by atoms with E-state index in [1.165, 1.54) is 39.0 Å². The molecule has 0 fully saturated rings. The Bertz CT molecular complexity index is 994. The third kappa shape index (κ3) is 3.29. The van der Waals surface area contributed by atoms with Gasteiger partial charge in [-0.1, -0.05) is 123 Å². The highest BCUT2D eigenvalue weighted by molar-refractivity contribution is 5.91. The quantitative estimate of drug-likeness (QED) is 0.433. The number of allylic oxidation sites excluding steroid dienone is 5. The summed E-state index contributed by atoms with van der Waals surface area (Å²) in [6.45, 7) is 12.4. The van der Waals surface area contributed by atoms with E-state index in [4.69, 9.17) is 0 Å². The van der Waals surface area contributed by atoms with Crippen molar-refractivity contribution in [3.63, 3.8) is 0 Å². The van der Waals surface area contributed by atoms with Gasteiger partial charge in [0.2, 0.25) is 0 Å². The Morgan fingerprint density at radius 1 is 0.793 bits per heavy atom. The van der Waals surface area contributed by atoms with Gasteiger partial charge in [0.25, 0.3) is 0 Å². The summed E-state index contributed by atoms with van der Waals surface area (Å²) in [5, 5.41) is 0. The minimum Gasteiger partial charge on any atom is -0.0984 e. The molecule has 0 radical (unpaired) electrons. The molecule has 0 N–H and O–H groups in total. The first-order valence-corrected chi connectivity index (χ1v) is 10.5. The van der Waals surface area contributed by atoms with Crippen LogP contribution in [-0.2, 0) is 5.41 Å². The first kappa shape index (κ1) is 20.6. The van der Waals surface area contributed by atoms with Crippen LogP contribution >= 0.6 is 0 Å². The maximum absolute atomic E-state index is 4.16. The topological polar surface area (TPSA) is 0 Å². The summed E-state index contributed by atoms with van der Waals surface area (Å²) in [4.78, 5) is 0. The molecule has 0 nitrogen and oxygen atoms in total. The highest BCUT2D eigenvalue weighted by Gasteiger charge is 2.46. The monoisotopic (exact) mass is 378 g/mol. The second-order valence-electron chi connectivity index (χ2n) is 7.06. The van der Waals surface area contributed by atoms with Crippen molar-refractivity contribution >= 4 is 5.57 Å². The summed E-state index contributed by atoms with van der Waals surface area (Å²) in [6.07, 6.45) is 6.40. The van der Waals surface area contributed by atoms with Crippen LogP contribution in [-0.4, -0.2) is 0 Å². The summed E-state index contributed by atoms with van der Waals surface area (Å²) in [6, 6.07) is 28.5. The average molecular weight is 379 g/mol. The van der Waals surface area contributed by atoms with Crippen molar-refractivity contribution in [1.29, 1.82) is 0 Å². The number of hydrogen-bond donors (Lipinski definition) is 0. The molecule has 0 unspecified atom stereocenters. The van der Waals surface area contributed by atoms with Crippen molar-refractivity contribution < 1.29 is 0 Å². The molecular formula is C29H30. The van der Waals surface area contributed by atoms with Gasteiger partial charge in [0.05, 0.1) is 5.41 Å². The third-order valence-electron chi connectivity index (χ3n) is 5.51. The van der Waals surface area contributed by atoms with Crippen LogP contribution in [0.2, 0.25) is 0 Å². The van der Waals surface area contributed by atoms with Crippen LogP contribution in [0.15, 0.2) is 109 Å². The van der Waals surface area contributed by atoms with Crippen molar-refractivity contribution in [3.05, 3.63) is 137 Å². The molecule has 29 heavy (non-hydrogen) atoms. The third-order valence-corrected chi connectivity index (χ3v) is 5.51. The van der Waals surface area contributed by atoms with E-state index in [2.05, 4.69) is 111 Å². The molecule has 3 aromatic carbocycles. The van der Waals surface area contributed by atoms with E-state index in [0.717, 1.165) is 0 Å². The first-order valence-electron chi connectivity index (χ1n) is 10.5. The molecule has 0 spiro atoms. The average Bonchev–Trinajstić information content (AvgIpc) is 3.06. The van der Waals surface area contributed by atoms with Crippen LogP contribution in [0.4, 0.5) is 0 Å². The Labute approximate surface area is 175 Å². The molecule has 0 heterocycles. The van der Waals surface area contributed by atoms with Crippen molar-refractivity contribution in [1.82, 2.24) is 0 Å². The van der Waals surface area contributed by atoms with Gasteiger partial charge in [-0.3, -0.25) is 0 Å². The summed E-state index contributed by atoms with van der Waals surface area (Å²) in [5.74, 6) is 0. The highest BCUT2D eigenvalue weighted by atomic mass is 14.5. The Balaban J connectivity index is 0.00000117. The van der Waals surface area contributed by atoms with Gasteiger partial charge in [0.1, 0.15) is 0 Å². The summed E-state index contributed by atoms with van der Waals surface area (Å²) >= 11 is 0. The van der Waals surface area contributed by atoms with Crippen LogP contribution in [0.3, 0.4) is 0 Å². The minimum atomic E-state index is -0.333. The van der Waals surface area contributed by atoms with E-state index in [0.29, 0.717) is 0 Å². The number of fused-ring (bicyclic) bond motifs is 1. The second-order valence-corrected chi connectivity index (χ2v) is 7.06. The van der Waals surface area contributed by atoms with Crippen molar-refractivity contribution in [2.24, 2.45) is 0 Å². The lowest BCUT2D eigenvalue weighted by Crippen LogP contribution is -2.29. The number of aryl methyl sites for hydroxylation is 1. The van der Waals surface area contributed by atoms with Crippen LogP contribution < -0.4 is 0 Å². The van der Waals surface area contributed by atoms with Gasteiger partial charge in [0, 0.05) is 0 Å². The zero-order chi connectivity index (χ0) is 20.9. The summed E-state index contributed by atoms with van der Waals surface area (Å²) < 4.78 is 0. The minimum absolute atomic E-state index is 0.333. The Morgan fingerprint density at radius 3 is 1.83 bits per heavy atom. The van der Waals surface area contributed by atoms with Gasteiger partial charge in [-0.05, 0) is 47.2 Å². The summed E-state index contributed by atoms with van der Waals surface area (Å²) in [7, 11) is 0. The number of hydrogen-bond acceptors (Lipinski definition) is 0. The molecule has 4 rings (SSSR count). The predicted molar refractivity (Wildman–Crippen MR) is 127 cm³/mol. The lowest BCUT2D eigenvalue weighted by Gasteiger charge is -2.35. The molecule has 0 aliphatic heterocycles. The molecule has 146 valence electrons. The fourth-order valence-corrected chi connectivity index (χ4v) is 4.46. The molecule has 0 heteroatoms. The van der Waals surface area contributed by atoms with Crippen LogP contribution in [0.1, 0.15) is 48.6 Å². The normalized spacial score (nSPS) is 14.3. The van der Waals surface area contributed by atoms with Crippen LogP contribution in [0, 0.1) is 6.92 Å². The molecule has 0 amide bonds. The van der Waals surface area contributed by atoms with E-state index in [1.54, 1.807) is 0 Å². The molecule has 0 aromatic heterocycles. The number of benzene rings is 3. The molecule has 0 bridgehead atoms. The molecule has 0 saturated carbocycles. The smallest absolute Gasteiger partial charge is 0.0713 e. The SMILES string of the molecule is C=CC1=C(/C=C\C)C(c2ccccc2)(c2ccccc2)c2cc(C)ccc21.CC. The lowest BCUT2D eigenvalue weighted by atomic mass is 9.66. The van der Waals surface area contributed by atoms with Crippen LogP contribution in [0.25, 0.3) is 5.57 Å². The predicted octanol–water partition coefficient (Wildman–Crippen LogP) is 7.88. The van der Waals surface area contributed by atoms with E-state index in [1.807, 2.05) is 19.9 Å². The highest BCUT2D eigenvalue weighted by Crippen LogP contribution is 2.55. The zero-order valence-electron chi connectivity index (χ0n) is 17.9. The van der Waals surface area contributed by atoms with Gasteiger partial charge in [-0.2, -0.15) is 0 Å².